The number of benzene rings is 1. The van der Waals surface area contributed by atoms with E-state index in [1.165, 1.54) is 5.56 Å². The van der Waals surface area contributed by atoms with Crippen LogP contribution in [-0.4, -0.2) is 38.8 Å². The summed E-state index contributed by atoms with van der Waals surface area (Å²) in [5.74, 6) is 0.367. The lowest BCUT2D eigenvalue weighted by atomic mass is 9.77. The molecule has 2 aromatic heterocycles. The average molecular weight is 415 g/mol. The van der Waals surface area contributed by atoms with Crippen LogP contribution in [0, 0.1) is 0 Å². The van der Waals surface area contributed by atoms with Crippen LogP contribution in [0.2, 0.25) is 0 Å². The molecule has 1 saturated heterocycles. The van der Waals surface area contributed by atoms with Gasteiger partial charge in [-0.05, 0) is 55.5 Å². The molecular formula is C24H26N6O. The third-order valence-electron chi connectivity index (χ3n) is 6.47. The molecule has 1 fully saturated rings. The number of aromatic nitrogens is 3. The van der Waals surface area contributed by atoms with Gasteiger partial charge in [0.05, 0.1) is 23.5 Å². The topological polar surface area (TPSA) is 97.0 Å². The van der Waals surface area contributed by atoms with Crippen LogP contribution in [-0.2, 0) is 18.4 Å². The summed E-state index contributed by atoms with van der Waals surface area (Å²) in [5.41, 5.74) is 10.4. The van der Waals surface area contributed by atoms with Gasteiger partial charge in [-0.2, -0.15) is 0 Å². The summed E-state index contributed by atoms with van der Waals surface area (Å²) < 4.78 is 0. The Morgan fingerprint density at radius 2 is 2.00 bits per heavy atom. The number of anilines is 2. The summed E-state index contributed by atoms with van der Waals surface area (Å²) in [6, 6.07) is 13.5. The molecule has 1 aliphatic heterocycles. The molecule has 0 radical (unpaired) electrons. The second kappa shape index (κ2) is 7.98. The van der Waals surface area contributed by atoms with Crippen LogP contribution < -0.4 is 11.1 Å². The summed E-state index contributed by atoms with van der Waals surface area (Å²) in [6.07, 6.45) is 7.54. The lowest BCUT2D eigenvalue weighted by Gasteiger charge is -2.40. The zero-order valence-corrected chi connectivity index (χ0v) is 17.4. The maximum Gasteiger partial charge on any atom is 0.255 e. The van der Waals surface area contributed by atoms with Crippen LogP contribution in [0.4, 0.5) is 11.6 Å². The van der Waals surface area contributed by atoms with Crippen molar-refractivity contribution in [1.82, 2.24) is 19.9 Å². The molecule has 31 heavy (non-hydrogen) atoms. The summed E-state index contributed by atoms with van der Waals surface area (Å²) in [4.78, 5) is 28.7. The van der Waals surface area contributed by atoms with Crippen LogP contribution >= 0.6 is 0 Å². The molecule has 0 saturated carbocycles. The van der Waals surface area contributed by atoms with Crippen LogP contribution in [0.15, 0.2) is 54.9 Å². The normalized spacial score (nSPS) is 19.9. The Hall–Kier alpha value is -3.48. The minimum Gasteiger partial charge on any atom is -0.379 e. The van der Waals surface area contributed by atoms with Crippen molar-refractivity contribution in [2.45, 2.75) is 37.6 Å². The first-order valence-electron chi connectivity index (χ1n) is 10.8. The molecular weight excluding hydrogens is 388 g/mol. The lowest BCUT2D eigenvalue weighted by Crippen LogP contribution is -2.48. The number of nitrogen functional groups attached to an aromatic ring is 1. The Bertz CT molecular complexity index is 1100. The van der Waals surface area contributed by atoms with Gasteiger partial charge in [-0.1, -0.05) is 18.2 Å². The molecule has 1 amide bonds. The zero-order chi connectivity index (χ0) is 21.3. The zero-order valence-electron chi connectivity index (χ0n) is 17.4. The molecule has 7 heteroatoms. The van der Waals surface area contributed by atoms with Crippen molar-refractivity contribution in [2.24, 2.45) is 0 Å². The predicted octanol–water partition coefficient (Wildman–Crippen LogP) is 3.19. The van der Waals surface area contributed by atoms with E-state index >= 15 is 0 Å². The van der Waals surface area contributed by atoms with Gasteiger partial charge in [0.15, 0.2) is 0 Å². The van der Waals surface area contributed by atoms with E-state index in [2.05, 4.69) is 20.3 Å². The van der Waals surface area contributed by atoms with E-state index < -0.39 is 0 Å². The third-order valence-corrected chi connectivity index (χ3v) is 6.47. The molecule has 7 nitrogen and oxygen atoms in total. The van der Waals surface area contributed by atoms with Crippen LogP contribution in [0.5, 0.6) is 0 Å². The maximum atomic E-state index is 13.6. The summed E-state index contributed by atoms with van der Waals surface area (Å²) in [7, 11) is 0. The second-order valence-electron chi connectivity index (χ2n) is 8.43. The van der Waals surface area contributed by atoms with E-state index in [-0.39, 0.29) is 11.3 Å². The fourth-order valence-electron chi connectivity index (χ4n) is 4.94. The number of rotatable bonds is 4. The second-order valence-corrected chi connectivity index (χ2v) is 8.43. The third kappa shape index (κ3) is 3.71. The van der Waals surface area contributed by atoms with Crippen LogP contribution in [0.25, 0.3) is 0 Å². The van der Waals surface area contributed by atoms with Crippen molar-refractivity contribution in [3.63, 3.8) is 0 Å². The van der Waals surface area contributed by atoms with Gasteiger partial charge in [-0.15, -0.1) is 0 Å². The number of nitrogens with two attached hydrogens (primary N) is 1. The fourth-order valence-corrected chi connectivity index (χ4v) is 4.94. The number of para-hydroxylation sites is 1. The smallest absolute Gasteiger partial charge is 0.255 e. The van der Waals surface area contributed by atoms with Gasteiger partial charge >= 0.3 is 0 Å². The number of carbonyl (C=O) groups excluding carboxylic acids is 1. The van der Waals surface area contributed by atoms with Gasteiger partial charge in [0.1, 0.15) is 0 Å². The van der Waals surface area contributed by atoms with E-state index in [0.29, 0.717) is 24.6 Å². The van der Waals surface area contributed by atoms with Crippen molar-refractivity contribution < 1.29 is 4.79 Å². The number of amides is 1. The highest BCUT2D eigenvalue weighted by molar-refractivity contribution is 5.99. The van der Waals surface area contributed by atoms with Crippen molar-refractivity contribution in [2.75, 3.05) is 24.1 Å². The SMILES string of the molecule is Nc1ncc2c(n1)C1(CCCN(C(=O)c3ccccc3NCc3ccccn3)C1)CC2. The van der Waals surface area contributed by atoms with Gasteiger partial charge in [-0.3, -0.25) is 9.78 Å². The first-order valence-corrected chi connectivity index (χ1v) is 10.8. The van der Waals surface area contributed by atoms with Gasteiger partial charge in [-0.25, -0.2) is 9.97 Å². The molecule has 3 aromatic rings. The average Bonchev–Trinajstić information content (AvgIpc) is 3.15. The number of piperidine rings is 1. The molecule has 1 atom stereocenters. The van der Waals surface area contributed by atoms with Crippen molar-refractivity contribution in [1.29, 1.82) is 0 Å². The van der Waals surface area contributed by atoms with E-state index in [1.54, 1.807) is 6.20 Å². The molecule has 0 bridgehead atoms. The summed E-state index contributed by atoms with van der Waals surface area (Å²) >= 11 is 0. The number of pyridine rings is 1. The summed E-state index contributed by atoms with van der Waals surface area (Å²) in [5, 5.41) is 3.39. The number of nitrogens with zero attached hydrogens (tertiary/aromatic N) is 4. The molecule has 1 aromatic carbocycles. The number of likely N-dealkylation sites (tertiary alicyclic amines) is 1. The number of carbonyl (C=O) groups is 1. The predicted molar refractivity (Wildman–Crippen MR) is 120 cm³/mol. The Labute approximate surface area is 181 Å². The van der Waals surface area contributed by atoms with Gasteiger partial charge in [0, 0.05) is 36.6 Å². The Morgan fingerprint density at radius 3 is 2.87 bits per heavy atom. The minimum atomic E-state index is -0.114. The first kappa shape index (κ1) is 19.5. The number of hydrogen-bond acceptors (Lipinski definition) is 6. The van der Waals surface area contributed by atoms with E-state index in [4.69, 9.17) is 5.73 Å². The van der Waals surface area contributed by atoms with E-state index in [1.807, 2.05) is 53.6 Å². The van der Waals surface area contributed by atoms with Crippen molar-refractivity contribution >= 4 is 17.5 Å². The quantitative estimate of drug-likeness (QED) is 0.681. The number of hydrogen-bond donors (Lipinski definition) is 2. The number of fused-ring (bicyclic) bond motifs is 2. The number of nitrogens with one attached hydrogen (secondary N) is 1. The largest absolute Gasteiger partial charge is 0.379 e. The first-order chi connectivity index (χ1) is 15.1. The van der Waals surface area contributed by atoms with E-state index in [9.17, 15) is 4.79 Å². The molecule has 1 spiro atoms. The summed E-state index contributed by atoms with van der Waals surface area (Å²) in [6.45, 7) is 1.99. The highest BCUT2D eigenvalue weighted by atomic mass is 16.2. The Morgan fingerprint density at radius 1 is 1.13 bits per heavy atom. The van der Waals surface area contributed by atoms with Crippen LogP contribution in [0.1, 0.15) is 46.6 Å². The number of aryl methyl sites for hydroxylation is 1. The molecule has 3 N–H and O–H groups in total. The minimum absolute atomic E-state index is 0.0543. The van der Waals surface area contributed by atoms with Crippen LogP contribution in [0.3, 0.4) is 0 Å². The molecule has 158 valence electrons. The van der Waals surface area contributed by atoms with Gasteiger partial charge in [0.2, 0.25) is 5.95 Å². The Balaban J connectivity index is 1.37. The fraction of sp³-hybridized carbons (Fsp3) is 0.333. The monoisotopic (exact) mass is 414 g/mol. The van der Waals surface area contributed by atoms with Crippen molar-refractivity contribution in [3.8, 4) is 0 Å². The maximum absolute atomic E-state index is 13.6. The highest BCUT2D eigenvalue weighted by Gasteiger charge is 2.45. The van der Waals surface area contributed by atoms with Crippen molar-refractivity contribution in [3.05, 3.63) is 77.4 Å². The molecule has 5 rings (SSSR count). The Kier molecular flexibility index (Phi) is 5.02. The molecule has 3 heterocycles. The van der Waals surface area contributed by atoms with E-state index in [0.717, 1.165) is 49.3 Å². The molecule has 2 aliphatic rings. The molecule has 1 aliphatic carbocycles. The standard InChI is InChI=1S/C24H26N6O/c25-23-28-14-17-9-11-24(21(17)29-23)10-5-13-30(16-24)22(31)19-7-1-2-8-20(19)27-15-18-6-3-4-12-26-18/h1-4,6-8,12,14,27H,5,9-11,13,15-16H2,(H2,25,28,29). The molecule has 1 unspecified atom stereocenters. The lowest BCUT2D eigenvalue weighted by molar-refractivity contribution is 0.0634. The van der Waals surface area contributed by atoms with Gasteiger partial charge in [0.25, 0.3) is 5.91 Å². The highest BCUT2D eigenvalue weighted by Crippen LogP contribution is 2.44. The van der Waals surface area contributed by atoms with Gasteiger partial charge < -0.3 is 16.0 Å².